The second-order valence-corrected chi connectivity index (χ2v) is 5.27. The van der Waals surface area contributed by atoms with Crippen molar-refractivity contribution in [3.8, 4) is 0 Å². The molecule has 0 aliphatic rings. The van der Waals surface area contributed by atoms with E-state index in [0.717, 1.165) is 0 Å². The SMILES string of the molecule is COC(=O)C(C)(C)[C@@H](N)c1ccc(Br)cc1F.Cl. The lowest BCUT2D eigenvalue weighted by Crippen LogP contribution is -2.37. The average molecular weight is 341 g/mol. The molecule has 1 atom stereocenters. The van der Waals surface area contributed by atoms with Crippen molar-refractivity contribution in [2.45, 2.75) is 19.9 Å². The van der Waals surface area contributed by atoms with E-state index in [1.807, 2.05) is 0 Å². The van der Waals surface area contributed by atoms with Crippen LogP contribution in [0.5, 0.6) is 0 Å². The fourth-order valence-corrected chi connectivity index (χ4v) is 1.87. The van der Waals surface area contributed by atoms with Crippen molar-refractivity contribution in [2.75, 3.05) is 7.11 Å². The number of carbonyl (C=O) groups is 1. The van der Waals surface area contributed by atoms with Crippen LogP contribution in [0.15, 0.2) is 22.7 Å². The zero-order chi connectivity index (χ0) is 13.2. The first-order valence-electron chi connectivity index (χ1n) is 5.09. The molecule has 0 heterocycles. The molecule has 0 aromatic heterocycles. The van der Waals surface area contributed by atoms with E-state index in [1.54, 1.807) is 26.0 Å². The molecule has 18 heavy (non-hydrogen) atoms. The summed E-state index contributed by atoms with van der Waals surface area (Å²) in [7, 11) is 1.29. The summed E-state index contributed by atoms with van der Waals surface area (Å²) in [5.74, 6) is -0.906. The molecule has 1 aromatic rings. The Hall–Kier alpha value is -0.650. The van der Waals surface area contributed by atoms with E-state index in [4.69, 9.17) is 5.73 Å². The lowest BCUT2D eigenvalue weighted by molar-refractivity contribution is -0.152. The molecule has 3 nitrogen and oxygen atoms in total. The highest BCUT2D eigenvalue weighted by Crippen LogP contribution is 2.34. The molecular weight excluding hydrogens is 324 g/mol. The quantitative estimate of drug-likeness (QED) is 0.860. The number of rotatable bonds is 3. The lowest BCUT2D eigenvalue weighted by Gasteiger charge is -2.29. The van der Waals surface area contributed by atoms with E-state index in [1.165, 1.54) is 13.2 Å². The summed E-state index contributed by atoms with van der Waals surface area (Å²) in [6.45, 7) is 3.26. The first-order valence-corrected chi connectivity index (χ1v) is 5.89. The summed E-state index contributed by atoms with van der Waals surface area (Å²) in [4.78, 5) is 11.6. The molecule has 102 valence electrons. The molecule has 1 rings (SSSR count). The van der Waals surface area contributed by atoms with Gasteiger partial charge in [0.15, 0.2) is 0 Å². The molecule has 6 heteroatoms. The van der Waals surface area contributed by atoms with Gasteiger partial charge in [-0.05, 0) is 26.0 Å². The maximum Gasteiger partial charge on any atom is 0.313 e. The monoisotopic (exact) mass is 339 g/mol. The Morgan fingerprint density at radius 3 is 2.50 bits per heavy atom. The van der Waals surface area contributed by atoms with E-state index >= 15 is 0 Å². The lowest BCUT2D eigenvalue weighted by atomic mass is 9.81. The Kier molecular flexibility index (Phi) is 6.26. The predicted molar refractivity (Wildman–Crippen MR) is 74.1 cm³/mol. The smallest absolute Gasteiger partial charge is 0.313 e. The van der Waals surface area contributed by atoms with Crippen LogP contribution in [0.2, 0.25) is 0 Å². The van der Waals surface area contributed by atoms with Crippen molar-refractivity contribution in [1.29, 1.82) is 0 Å². The highest BCUT2D eigenvalue weighted by Gasteiger charge is 2.37. The normalized spacial score (nSPS) is 12.6. The van der Waals surface area contributed by atoms with Crippen LogP contribution in [-0.2, 0) is 9.53 Å². The molecular formula is C12H16BrClFNO2. The van der Waals surface area contributed by atoms with Gasteiger partial charge in [-0.2, -0.15) is 0 Å². The van der Waals surface area contributed by atoms with Gasteiger partial charge in [-0.25, -0.2) is 4.39 Å². The number of benzene rings is 1. The third-order valence-electron chi connectivity index (χ3n) is 2.79. The van der Waals surface area contributed by atoms with Crippen LogP contribution in [0.3, 0.4) is 0 Å². The van der Waals surface area contributed by atoms with Gasteiger partial charge in [0.05, 0.1) is 12.5 Å². The average Bonchev–Trinajstić information content (AvgIpc) is 2.27. The number of ether oxygens (including phenoxy) is 1. The van der Waals surface area contributed by atoms with Crippen LogP contribution < -0.4 is 5.73 Å². The molecule has 0 amide bonds. The summed E-state index contributed by atoms with van der Waals surface area (Å²) >= 11 is 3.17. The molecule has 1 aromatic carbocycles. The summed E-state index contributed by atoms with van der Waals surface area (Å²) in [5, 5.41) is 0. The number of methoxy groups -OCH3 is 1. The molecule has 0 saturated carbocycles. The zero-order valence-electron chi connectivity index (χ0n) is 10.4. The number of nitrogens with two attached hydrogens (primary N) is 1. The number of halogens is 3. The topological polar surface area (TPSA) is 52.3 Å². The maximum absolute atomic E-state index is 13.7. The van der Waals surface area contributed by atoms with Crippen molar-refractivity contribution in [2.24, 2.45) is 11.1 Å². The van der Waals surface area contributed by atoms with E-state index in [-0.39, 0.29) is 12.4 Å². The number of esters is 1. The number of hydrogen-bond acceptors (Lipinski definition) is 3. The van der Waals surface area contributed by atoms with Crippen LogP contribution in [0.1, 0.15) is 25.5 Å². The molecule has 0 fully saturated rings. The second kappa shape index (κ2) is 6.50. The van der Waals surface area contributed by atoms with Crippen LogP contribution in [0.4, 0.5) is 4.39 Å². The van der Waals surface area contributed by atoms with Crippen molar-refractivity contribution in [1.82, 2.24) is 0 Å². The third kappa shape index (κ3) is 3.43. The van der Waals surface area contributed by atoms with Gasteiger partial charge in [0.1, 0.15) is 5.82 Å². The standard InChI is InChI=1S/C12H15BrFNO2.ClH/c1-12(2,11(16)17-3)10(15)8-5-4-7(13)6-9(8)14;/h4-6,10H,15H2,1-3H3;1H/t10-;/m0./s1. The largest absolute Gasteiger partial charge is 0.469 e. The van der Waals surface area contributed by atoms with E-state index in [0.29, 0.717) is 10.0 Å². The van der Waals surface area contributed by atoms with E-state index < -0.39 is 23.2 Å². The van der Waals surface area contributed by atoms with Crippen LogP contribution >= 0.6 is 28.3 Å². The number of hydrogen-bond donors (Lipinski definition) is 1. The van der Waals surface area contributed by atoms with Crippen molar-refractivity contribution in [3.63, 3.8) is 0 Å². The van der Waals surface area contributed by atoms with Gasteiger partial charge < -0.3 is 10.5 Å². The van der Waals surface area contributed by atoms with Gasteiger partial charge in [-0.1, -0.05) is 22.0 Å². The molecule has 0 saturated heterocycles. The van der Waals surface area contributed by atoms with Crippen molar-refractivity contribution >= 4 is 34.3 Å². The molecule has 0 spiro atoms. The summed E-state index contributed by atoms with van der Waals surface area (Å²) in [6, 6.07) is 3.81. The van der Waals surface area contributed by atoms with Crippen LogP contribution in [-0.4, -0.2) is 13.1 Å². The minimum Gasteiger partial charge on any atom is -0.469 e. The zero-order valence-corrected chi connectivity index (χ0v) is 12.8. The Balaban J connectivity index is 0.00000289. The van der Waals surface area contributed by atoms with Gasteiger partial charge in [0, 0.05) is 16.1 Å². The Labute approximate surface area is 120 Å². The van der Waals surface area contributed by atoms with Gasteiger partial charge >= 0.3 is 5.97 Å². The fourth-order valence-electron chi connectivity index (χ4n) is 1.53. The number of carbonyl (C=O) groups excluding carboxylic acids is 1. The van der Waals surface area contributed by atoms with Crippen LogP contribution in [0, 0.1) is 11.2 Å². The summed E-state index contributed by atoms with van der Waals surface area (Å²) in [6.07, 6.45) is 0. The van der Waals surface area contributed by atoms with Crippen LogP contribution in [0.25, 0.3) is 0 Å². The molecule has 0 bridgehead atoms. The first-order chi connectivity index (χ1) is 7.80. The Morgan fingerprint density at radius 1 is 1.50 bits per heavy atom. The maximum atomic E-state index is 13.7. The summed E-state index contributed by atoms with van der Waals surface area (Å²) in [5.41, 5.74) is 5.26. The van der Waals surface area contributed by atoms with Gasteiger partial charge in [-0.3, -0.25) is 4.79 Å². The third-order valence-corrected chi connectivity index (χ3v) is 3.28. The fraction of sp³-hybridized carbons (Fsp3) is 0.417. The Morgan fingerprint density at radius 2 is 2.06 bits per heavy atom. The van der Waals surface area contributed by atoms with Gasteiger partial charge in [0.2, 0.25) is 0 Å². The highest BCUT2D eigenvalue weighted by atomic mass is 79.9. The van der Waals surface area contributed by atoms with E-state index in [9.17, 15) is 9.18 Å². The molecule has 0 radical (unpaired) electrons. The van der Waals surface area contributed by atoms with E-state index in [2.05, 4.69) is 20.7 Å². The van der Waals surface area contributed by atoms with Gasteiger partial charge in [0.25, 0.3) is 0 Å². The Bertz CT molecular complexity index is 440. The first kappa shape index (κ1) is 17.4. The van der Waals surface area contributed by atoms with Crippen molar-refractivity contribution in [3.05, 3.63) is 34.1 Å². The minimum absolute atomic E-state index is 0. The molecule has 0 aliphatic carbocycles. The molecule has 0 unspecified atom stereocenters. The minimum atomic E-state index is -0.983. The second-order valence-electron chi connectivity index (χ2n) is 4.36. The van der Waals surface area contributed by atoms with Gasteiger partial charge in [-0.15, -0.1) is 12.4 Å². The highest BCUT2D eigenvalue weighted by molar-refractivity contribution is 9.10. The van der Waals surface area contributed by atoms with Crippen molar-refractivity contribution < 1.29 is 13.9 Å². The molecule has 2 N–H and O–H groups in total. The summed E-state index contributed by atoms with van der Waals surface area (Å²) < 4.78 is 19.0. The molecule has 0 aliphatic heterocycles. The predicted octanol–water partition coefficient (Wildman–Crippen LogP) is 3.21.